The van der Waals surface area contributed by atoms with Crippen LogP contribution in [0, 0.1) is 0 Å². The summed E-state index contributed by atoms with van der Waals surface area (Å²) in [6, 6.07) is 1.83. The minimum absolute atomic E-state index is 0.595. The molecule has 0 N–H and O–H groups in total. The summed E-state index contributed by atoms with van der Waals surface area (Å²) in [7, 11) is 4.28. The normalized spacial score (nSPS) is 23.8. The molecule has 3 heterocycles. The first-order chi connectivity index (χ1) is 12.0. The van der Waals surface area contributed by atoms with Crippen LogP contribution in [-0.2, 0) is 6.42 Å². The molecule has 0 radical (unpaired) electrons. The molecule has 2 aliphatic rings. The molecule has 25 heavy (non-hydrogen) atoms. The topological polar surface area (TPSA) is 35.5 Å². The maximum atomic E-state index is 4.73. The van der Waals surface area contributed by atoms with Crippen LogP contribution in [0.1, 0.15) is 51.5 Å². The van der Waals surface area contributed by atoms with Gasteiger partial charge in [-0.25, -0.2) is 9.97 Å². The molecule has 2 aliphatic heterocycles. The molecule has 140 valence electrons. The summed E-state index contributed by atoms with van der Waals surface area (Å²) in [5.41, 5.74) is 1.28. The van der Waals surface area contributed by atoms with Crippen molar-refractivity contribution >= 4 is 5.95 Å². The molecule has 0 amide bonds. The first-order valence-electron chi connectivity index (χ1n) is 10.0. The first-order valence-corrected chi connectivity index (χ1v) is 10.0. The molecule has 2 bridgehead atoms. The average molecular weight is 346 g/mol. The Morgan fingerprint density at radius 3 is 2.24 bits per heavy atom. The van der Waals surface area contributed by atoms with Crippen molar-refractivity contribution in [1.29, 1.82) is 0 Å². The number of rotatable bonds is 8. The number of anilines is 1. The van der Waals surface area contributed by atoms with Crippen LogP contribution < -0.4 is 4.90 Å². The van der Waals surface area contributed by atoms with E-state index in [4.69, 9.17) is 9.97 Å². The molecule has 1 aromatic rings. The molecule has 5 heteroatoms. The molecule has 1 aromatic heterocycles. The Labute approximate surface area is 153 Å². The van der Waals surface area contributed by atoms with Crippen LogP contribution >= 0.6 is 0 Å². The third-order valence-corrected chi connectivity index (χ3v) is 5.73. The van der Waals surface area contributed by atoms with Crippen LogP contribution in [0.25, 0.3) is 0 Å². The Kier molecular flexibility index (Phi) is 6.29. The second-order valence-corrected chi connectivity index (χ2v) is 8.35. The highest BCUT2D eigenvalue weighted by Gasteiger charge is 2.41. The molecule has 0 aromatic carbocycles. The minimum Gasteiger partial charge on any atom is -0.332 e. The van der Waals surface area contributed by atoms with Crippen LogP contribution in [-0.4, -0.2) is 71.6 Å². The number of aryl methyl sites for hydroxylation is 1. The fourth-order valence-corrected chi connectivity index (χ4v) is 4.23. The molecular formula is C20H35N5. The van der Waals surface area contributed by atoms with Crippen LogP contribution in [0.4, 0.5) is 5.95 Å². The fourth-order valence-electron chi connectivity index (χ4n) is 4.23. The average Bonchev–Trinajstić information content (AvgIpc) is 2.84. The molecule has 0 spiro atoms. The number of piperazine rings is 1. The maximum absolute atomic E-state index is 4.73. The fraction of sp³-hybridized carbons (Fsp3) is 0.800. The van der Waals surface area contributed by atoms with Crippen molar-refractivity contribution < 1.29 is 0 Å². The first kappa shape index (κ1) is 18.6. The van der Waals surface area contributed by atoms with E-state index in [1.54, 1.807) is 0 Å². The number of fused-ring (bicyclic) bond motifs is 2. The van der Waals surface area contributed by atoms with Gasteiger partial charge >= 0.3 is 0 Å². The predicted octanol–water partition coefficient (Wildman–Crippen LogP) is 2.81. The van der Waals surface area contributed by atoms with Crippen molar-refractivity contribution in [2.75, 3.05) is 38.6 Å². The zero-order chi connectivity index (χ0) is 17.8. The zero-order valence-electron chi connectivity index (χ0n) is 16.5. The van der Waals surface area contributed by atoms with E-state index in [-0.39, 0.29) is 0 Å². The van der Waals surface area contributed by atoms with Crippen molar-refractivity contribution in [3.63, 3.8) is 0 Å². The van der Waals surface area contributed by atoms with Gasteiger partial charge in [-0.3, -0.25) is 4.90 Å². The van der Waals surface area contributed by atoms with Crippen molar-refractivity contribution in [3.8, 4) is 0 Å². The summed E-state index contributed by atoms with van der Waals surface area (Å²) in [6.07, 6.45) is 11.6. The lowest BCUT2D eigenvalue weighted by atomic mass is 10.1. The van der Waals surface area contributed by atoms with Gasteiger partial charge in [-0.05, 0) is 72.2 Å². The highest BCUT2D eigenvalue weighted by Crippen LogP contribution is 2.33. The van der Waals surface area contributed by atoms with Crippen LogP contribution in [0.2, 0.25) is 0 Å². The summed E-state index contributed by atoms with van der Waals surface area (Å²) in [5, 5.41) is 0. The van der Waals surface area contributed by atoms with E-state index < -0.39 is 0 Å². The van der Waals surface area contributed by atoms with Gasteiger partial charge in [0.15, 0.2) is 0 Å². The monoisotopic (exact) mass is 345 g/mol. The minimum atomic E-state index is 0.595. The molecule has 2 atom stereocenters. The third-order valence-electron chi connectivity index (χ3n) is 5.73. The molecule has 2 fully saturated rings. The Balaban J connectivity index is 1.51. The number of aromatic nitrogens is 2. The molecule has 2 unspecified atom stereocenters. The third kappa shape index (κ3) is 4.70. The van der Waals surface area contributed by atoms with Gasteiger partial charge in [0, 0.05) is 43.6 Å². The van der Waals surface area contributed by atoms with Gasteiger partial charge in [-0.2, -0.15) is 0 Å². The Morgan fingerprint density at radius 2 is 1.68 bits per heavy atom. The Hall–Kier alpha value is -1.20. The SMILES string of the molecule is CC(C)N1CC2CCC(C1)N2c1ncc(CCCCCN(C)C)cn1. The number of unbranched alkanes of at least 4 members (excludes halogenated alkanes) is 2. The van der Waals surface area contributed by atoms with Gasteiger partial charge in [0.2, 0.25) is 5.95 Å². The van der Waals surface area contributed by atoms with Crippen molar-refractivity contribution in [3.05, 3.63) is 18.0 Å². The van der Waals surface area contributed by atoms with E-state index >= 15 is 0 Å². The Bertz CT molecular complexity index is 513. The zero-order valence-corrected chi connectivity index (χ0v) is 16.5. The van der Waals surface area contributed by atoms with Gasteiger partial charge in [0.05, 0.1) is 0 Å². The van der Waals surface area contributed by atoms with Gasteiger partial charge in [0.25, 0.3) is 0 Å². The molecule has 5 nitrogen and oxygen atoms in total. The van der Waals surface area contributed by atoms with Crippen LogP contribution in [0.5, 0.6) is 0 Å². The highest BCUT2D eigenvalue weighted by atomic mass is 15.4. The molecular weight excluding hydrogens is 310 g/mol. The van der Waals surface area contributed by atoms with Gasteiger partial charge in [0.1, 0.15) is 0 Å². The van der Waals surface area contributed by atoms with E-state index in [2.05, 4.69) is 55.0 Å². The largest absolute Gasteiger partial charge is 0.332 e. The highest BCUT2D eigenvalue weighted by molar-refractivity contribution is 5.37. The van der Waals surface area contributed by atoms with Crippen molar-refractivity contribution in [2.45, 2.75) is 70.5 Å². The summed E-state index contributed by atoms with van der Waals surface area (Å²) in [5.74, 6) is 0.951. The predicted molar refractivity (Wildman–Crippen MR) is 104 cm³/mol. The van der Waals surface area contributed by atoms with Crippen molar-refractivity contribution in [1.82, 2.24) is 19.8 Å². The lowest BCUT2D eigenvalue weighted by Crippen LogP contribution is -2.56. The summed E-state index contributed by atoms with van der Waals surface area (Å²) >= 11 is 0. The van der Waals surface area contributed by atoms with E-state index in [0.29, 0.717) is 18.1 Å². The molecule has 0 aliphatic carbocycles. The van der Waals surface area contributed by atoms with Crippen LogP contribution in [0.3, 0.4) is 0 Å². The number of likely N-dealkylation sites (tertiary alicyclic amines) is 1. The summed E-state index contributed by atoms with van der Waals surface area (Å²) in [6.45, 7) is 8.11. The molecule has 2 saturated heterocycles. The van der Waals surface area contributed by atoms with Gasteiger partial charge < -0.3 is 9.80 Å². The van der Waals surface area contributed by atoms with Gasteiger partial charge in [-0.1, -0.05) is 6.42 Å². The lowest BCUT2D eigenvalue weighted by Gasteiger charge is -2.42. The van der Waals surface area contributed by atoms with Crippen LogP contribution in [0.15, 0.2) is 12.4 Å². The van der Waals surface area contributed by atoms with E-state index in [0.717, 1.165) is 25.5 Å². The number of hydrogen-bond acceptors (Lipinski definition) is 5. The molecule has 0 saturated carbocycles. The second kappa shape index (κ2) is 8.45. The van der Waals surface area contributed by atoms with E-state index in [1.165, 1.54) is 44.2 Å². The number of nitrogens with zero attached hydrogens (tertiary/aromatic N) is 5. The smallest absolute Gasteiger partial charge is 0.225 e. The summed E-state index contributed by atoms with van der Waals surface area (Å²) in [4.78, 5) is 16.8. The lowest BCUT2D eigenvalue weighted by molar-refractivity contribution is 0.176. The van der Waals surface area contributed by atoms with E-state index in [9.17, 15) is 0 Å². The Morgan fingerprint density at radius 1 is 1.04 bits per heavy atom. The maximum Gasteiger partial charge on any atom is 0.225 e. The number of hydrogen-bond donors (Lipinski definition) is 0. The quantitative estimate of drug-likeness (QED) is 0.677. The summed E-state index contributed by atoms with van der Waals surface area (Å²) < 4.78 is 0. The molecule has 3 rings (SSSR count). The standard InChI is InChI=1S/C20H35N5/c1-16(2)24-14-18-9-10-19(15-24)25(18)20-21-12-17(13-22-20)8-6-5-7-11-23(3)4/h12-13,16,18-19H,5-11,14-15H2,1-4H3. The second-order valence-electron chi connectivity index (χ2n) is 8.35. The van der Waals surface area contributed by atoms with Gasteiger partial charge in [-0.15, -0.1) is 0 Å². The van der Waals surface area contributed by atoms with E-state index in [1.807, 2.05) is 0 Å². The van der Waals surface area contributed by atoms with Crippen molar-refractivity contribution in [2.24, 2.45) is 0 Å².